The van der Waals surface area contributed by atoms with Crippen LogP contribution in [0.4, 0.5) is 0 Å². The third-order valence-corrected chi connectivity index (χ3v) is 3.14. The molecule has 0 radical (unpaired) electrons. The molecule has 2 nitrogen and oxygen atoms in total. The van der Waals surface area contributed by atoms with Gasteiger partial charge in [-0.3, -0.25) is 0 Å². The molecule has 0 bridgehead atoms. The smallest absolute Gasteiger partial charge is 0.125 e. The quantitative estimate of drug-likeness (QED) is 0.770. The summed E-state index contributed by atoms with van der Waals surface area (Å²) in [6.45, 7) is 10.8. The number of nitrogens with zero attached hydrogens (tertiary/aromatic N) is 2. The molecule has 0 saturated carbocycles. The Kier molecular flexibility index (Phi) is 3.14. The van der Waals surface area contributed by atoms with Gasteiger partial charge in [-0.05, 0) is 36.0 Å². The van der Waals surface area contributed by atoms with E-state index in [-0.39, 0.29) is 0 Å². The van der Waals surface area contributed by atoms with Crippen LogP contribution >= 0.6 is 0 Å². The van der Waals surface area contributed by atoms with Gasteiger partial charge in [0, 0.05) is 11.6 Å². The lowest BCUT2D eigenvalue weighted by Gasteiger charge is -2.14. The third-order valence-electron chi connectivity index (χ3n) is 3.14. The second kappa shape index (κ2) is 4.44. The van der Waals surface area contributed by atoms with Gasteiger partial charge in [0.05, 0.1) is 5.52 Å². The van der Waals surface area contributed by atoms with E-state index in [4.69, 9.17) is 0 Å². The highest BCUT2D eigenvalue weighted by Gasteiger charge is 2.11. The van der Waals surface area contributed by atoms with Crippen molar-refractivity contribution in [2.75, 3.05) is 0 Å². The van der Waals surface area contributed by atoms with E-state index in [1.807, 2.05) is 13.1 Å². The molecule has 0 unspecified atom stereocenters. The van der Waals surface area contributed by atoms with Crippen molar-refractivity contribution in [3.8, 4) is 0 Å². The number of aromatic nitrogens is 2. The van der Waals surface area contributed by atoms with E-state index in [2.05, 4.69) is 49.8 Å². The van der Waals surface area contributed by atoms with Gasteiger partial charge in [-0.1, -0.05) is 33.8 Å². The summed E-state index contributed by atoms with van der Waals surface area (Å²) in [4.78, 5) is 8.88. The molecule has 1 aromatic carbocycles. The van der Waals surface area contributed by atoms with Gasteiger partial charge >= 0.3 is 0 Å². The molecule has 1 heterocycles. The maximum absolute atomic E-state index is 4.59. The molecule has 90 valence electrons. The molecule has 17 heavy (non-hydrogen) atoms. The average molecular weight is 228 g/mol. The molecular weight excluding hydrogens is 208 g/mol. The lowest BCUT2D eigenvalue weighted by atomic mass is 9.93. The normalized spacial score (nSPS) is 11.7. The topological polar surface area (TPSA) is 25.8 Å². The minimum Gasteiger partial charge on any atom is -0.241 e. The predicted molar refractivity (Wildman–Crippen MR) is 72.5 cm³/mol. The van der Waals surface area contributed by atoms with Crippen LogP contribution in [0.3, 0.4) is 0 Å². The van der Waals surface area contributed by atoms with Crippen molar-refractivity contribution >= 4 is 10.9 Å². The summed E-state index contributed by atoms with van der Waals surface area (Å²) in [5, 5.41) is 1.16. The lowest BCUT2D eigenvalue weighted by Crippen LogP contribution is -1.99. The van der Waals surface area contributed by atoms with Crippen LogP contribution < -0.4 is 0 Å². The van der Waals surface area contributed by atoms with Gasteiger partial charge < -0.3 is 0 Å². The van der Waals surface area contributed by atoms with Crippen LogP contribution in [0.1, 0.15) is 56.5 Å². The van der Waals surface area contributed by atoms with Crippen molar-refractivity contribution in [3.63, 3.8) is 0 Å². The van der Waals surface area contributed by atoms with E-state index in [1.165, 1.54) is 11.1 Å². The monoisotopic (exact) mass is 228 g/mol. The molecule has 1 aromatic heterocycles. The van der Waals surface area contributed by atoms with E-state index in [0.717, 1.165) is 16.7 Å². The lowest BCUT2D eigenvalue weighted by molar-refractivity contribution is 0.838. The molecule has 0 saturated heterocycles. The molecular formula is C15H20N2. The number of benzene rings is 1. The summed E-state index contributed by atoms with van der Waals surface area (Å²) in [5.41, 5.74) is 3.81. The highest BCUT2D eigenvalue weighted by atomic mass is 14.9. The molecule has 2 aromatic rings. The summed E-state index contributed by atoms with van der Waals surface area (Å²) < 4.78 is 0. The van der Waals surface area contributed by atoms with Gasteiger partial charge in [0.1, 0.15) is 5.82 Å². The van der Waals surface area contributed by atoms with E-state index in [1.54, 1.807) is 0 Å². The molecule has 2 heteroatoms. The number of hydrogen-bond acceptors (Lipinski definition) is 2. The maximum atomic E-state index is 4.59. The first-order valence-electron chi connectivity index (χ1n) is 6.26. The summed E-state index contributed by atoms with van der Waals surface area (Å²) in [7, 11) is 0. The summed E-state index contributed by atoms with van der Waals surface area (Å²) in [6.07, 6.45) is 1.94. The second-order valence-electron chi connectivity index (χ2n) is 5.27. The Labute approximate surface area is 103 Å². The minimum absolute atomic E-state index is 0.491. The number of hydrogen-bond donors (Lipinski definition) is 0. The average Bonchev–Trinajstić information content (AvgIpc) is 2.27. The number of aryl methyl sites for hydroxylation is 1. The molecule has 0 fully saturated rings. The molecule has 2 rings (SSSR count). The van der Waals surface area contributed by atoms with E-state index in [0.29, 0.717) is 11.8 Å². The fraction of sp³-hybridized carbons (Fsp3) is 0.467. The van der Waals surface area contributed by atoms with Crippen LogP contribution in [0.25, 0.3) is 10.9 Å². The Hall–Kier alpha value is -1.44. The Morgan fingerprint density at radius 3 is 2.29 bits per heavy atom. The Morgan fingerprint density at radius 2 is 1.71 bits per heavy atom. The Morgan fingerprint density at radius 1 is 1.00 bits per heavy atom. The van der Waals surface area contributed by atoms with Crippen molar-refractivity contribution in [2.45, 2.75) is 46.5 Å². The number of fused-ring (bicyclic) bond motifs is 1. The zero-order chi connectivity index (χ0) is 12.6. The molecule has 0 aliphatic carbocycles. The van der Waals surface area contributed by atoms with Crippen LogP contribution in [-0.2, 0) is 0 Å². The fourth-order valence-corrected chi connectivity index (χ4v) is 2.06. The van der Waals surface area contributed by atoms with Gasteiger partial charge in [0.25, 0.3) is 0 Å². The molecule has 0 spiro atoms. The first-order chi connectivity index (χ1) is 7.99. The second-order valence-corrected chi connectivity index (χ2v) is 5.27. The first kappa shape index (κ1) is 12.0. The van der Waals surface area contributed by atoms with Crippen LogP contribution in [-0.4, -0.2) is 9.97 Å². The predicted octanol–water partition coefficient (Wildman–Crippen LogP) is 4.19. The van der Waals surface area contributed by atoms with Crippen LogP contribution in [0.5, 0.6) is 0 Å². The Bertz CT molecular complexity index is 542. The SMILES string of the molecule is Cc1ncc2cc(C(C)C)cc(C(C)C)c2n1. The van der Waals surface area contributed by atoms with E-state index >= 15 is 0 Å². The molecule has 0 aliphatic heterocycles. The summed E-state index contributed by atoms with van der Waals surface area (Å²) in [5.74, 6) is 1.88. The zero-order valence-corrected chi connectivity index (χ0v) is 11.3. The van der Waals surface area contributed by atoms with Crippen LogP contribution in [0.2, 0.25) is 0 Å². The van der Waals surface area contributed by atoms with Gasteiger partial charge in [0.15, 0.2) is 0 Å². The standard InChI is InChI=1S/C15H20N2/c1-9(2)12-6-13-8-16-11(5)17-15(13)14(7-12)10(3)4/h6-10H,1-5H3. The summed E-state index contributed by atoms with van der Waals surface area (Å²) in [6, 6.07) is 4.51. The van der Waals surface area contributed by atoms with Gasteiger partial charge in [-0.2, -0.15) is 0 Å². The highest BCUT2D eigenvalue weighted by Crippen LogP contribution is 2.28. The van der Waals surface area contributed by atoms with Crippen molar-refractivity contribution in [3.05, 3.63) is 35.3 Å². The molecule has 0 amide bonds. The van der Waals surface area contributed by atoms with E-state index in [9.17, 15) is 0 Å². The van der Waals surface area contributed by atoms with Crippen molar-refractivity contribution in [1.82, 2.24) is 9.97 Å². The van der Waals surface area contributed by atoms with Gasteiger partial charge in [0.2, 0.25) is 0 Å². The Balaban J connectivity index is 2.76. The molecule has 0 atom stereocenters. The fourth-order valence-electron chi connectivity index (χ4n) is 2.06. The molecule has 0 N–H and O–H groups in total. The van der Waals surface area contributed by atoms with Gasteiger partial charge in [-0.25, -0.2) is 9.97 Å². The van der Waals surface area contributed by atoms with E-state index < -0.39 is 0 Å². The molecule has 0 aliphatic rings. The van der Waals surface area contributed by atoms with Crippen molar-refractivity contribution in [1.29, 1.82) is 0 Å². The maximum Gasteiger partial charge on any atom is 0.125 e. The number of rotatable bonds is 2. The van der Waals surface area contributed by atoms with Crippen LogP contribution in [0, 0.1) is 6.92 Å². The van der Waals surface area contributed by atoms with Crippen molar-refractivity contribution < 1.29 is 0 Å². The first-order valence-corrected chi connectivity index (χ1v) is 6.26. The van der Waals surface area contributed by atoms with Gasteiger partial charge in [-0.15, -0.1) is 0 Å². The van der Waals surface area contributed by atoms with Crippen molar-refractivity contribution in [2.24, 2.45) is 0 Å². The third kappa shape index (κ3) is 2.31. The highest BCUT2D eigenvalue weighted by molar-refractivity contribution is 5.82. The summed E-state index contributed by atoms with van der Waals surface area (Å²) >= 11 is 0. The minimum atomic E-state index is 0.491. The van der Waals surface area contributed by atoms with Crippen LogP contribution in [0.15, 0.2) is 18.3 Å². The zero-order valence-electron chi connectivity index (χ0n) is 11.3. The largest absolute Gasteiger partial charge is 0.241 e.